The minimum atomic E-state index is -1.13. The highest BCUT2D eigenvalue weighted by molar-refractivity contribution is 5.94. The molecule has 57 heavy (non-hydrogen) atoms. The summed E-state index contributed by atoms with van der Waals surface area (Å²) in [5.74, 6) is -1.31. The molecule has 5 N–H and O–H groups in total. The predicted octanol–water partition coefficient (Wildman–Crippen LogP) is 4.10. The van der Waals surface area contributed by atoms with Gasteiger partial charge < -0.3 is 31.3 Å². The SMILES string of the molecule is CC(=O)N1C(C(=O)NC(Cc2ccccc2)C(=O)NC(CC(C)C)C(=O)NC(CC(C)C)[C@@H](O)CC(=O)NC2CCN(Cc3ccccc3)CC2)CC2CCCC21. The molecule has 0 aromatic heterocycles. The highest BCUT2D eigenvalue weighted by Gasteiger charge is 2.48. The van der Waals surface area contributed by atoms with Crippen LogP contribution in [0.5, 0.6) is 0 Å². The van der Waals surface area contributed by atoms with Crippen molar-refractivity contribution in [2.45, 2.75) is 148 Å². The molecule has 2 aromatic rings. The summed E-state index contributed by atoms with van der Waals surface area (Å²) in [5.41, 5.74) is 2.10. The van der Waals surface area contributed by atoms with Crippen LogP contribution < -0.4 is 21.3 Å². The number of benzene rings is 2. The lowest BCUT2D eigenvalue weighted by Crippen LogP contribution is -2.59. The fraction of sp³-hybridized carbons (Fsp3) is 0.622. The Morgan fingerprint density at radius 3 is 1.98 bits per heavy atom. The van der Waals surface area contributed by atoms with Gasteiger partial charge in [0.15, 0.2) is 0 Å². The van der Waals surface area contributed by atoms with Crippen molar-refractivity contribution in [3.63, 3.8) is 0 Å². The van der Waals surface area contributed by atoms with E-state index in [1.54, 1.807) is 4.90 Å². The minimum absolute atomic E-state index is 0.0173. The smallest absolute Gasteiger partial charge is 0.243 e. The third kappa shape index (κ3) is 12.9. The van der Waals surface area contributed by atoms with Gasteiger partial charge in [-0.1, -0.05) is 94.8 Å². The molecular formula is C45H66N6O6. The van der Waals surface area contributed by atoms with Gasteiger partial charge in [-0.25, -0.2) is 0 Å². The molecule has 0 spiro atoms. The fourth-order valence-electron chi connectivity index (χ4n) is 9.08. The molecule has 2 aliphatic heterocycles. The van der Waals surface area contributed by atoms with E-state index in [4.69, 9.17) is 0 Å². The van der Waals surface area contributed by atoms with E-state index in [1.165, 1.54) is 12.5 Å². The summed E-state index contributed by atoms with van der Waals surface area (Å²) < 4.78 is 0. The zero-order valence-corrected chi connectivity index (χ0v) is 34.6. The summed E-state index contributed by atoms with van der Waals surface area (Å²) in [6, 6.07) is 16.5. The summed E-state index contributed by atoms with van der Waals surface area (Å²) in [7, 11) is 0. The minimum Gasteiger partial charge on any atom is -0.390 e. The first-order valence-corrected chi connectivity index (χ1v) is 21.2. The Hall–Kier alpha value is -4.29. The van der Waals surface area contributed by atoms with Gasteiger partial charge in [-0.15, -0.1) is 0 Å². The van der Waals surface area contributed by atoms with Crippen LogP contribution in [-0.2, 0) is 36.9 Å². The van der Waals surface area contributed by atoms with Gasteiger partial charge >= 0.3 is 0 Å². The van der Waals surface area contributed by atoms with E-state index in [2.05, 4.69) is 38.3 Å². The van der Waals surface area contributed by atoms with Gasteiger partial charge in [0.1, 0.15) is 18.1 Å². The van der Waals surface area contributed by atoms with Gasteiger partial charge in [-0.2, -0.15) is 0 Å². The first-order chi connectivity index (χ1) is 27.3. The molecule has 3 fully saturated rings. The number of rotatable bonds is 18. The first kappa shape index (κ1) is 43.8. The van der Waals surface area contributed by atoms with Gasteiger partial charge in [0.2, 0.25) is 29.5 Å². The molecule has 312 valence electrons. The van der Waals surface area contributed by atoms with Crippen molar-refractivity contribution >= 4 is 29.5 Å². The molecule has 5 rings (SSSR count). The van der Waals surface area contributed by atoms with Gasteiger partial charge in [-0.05, 0) is 73.8 Å². The average molecular weight is 787 g/mol. The number of hydrogen-bond acceptors (Lipinski definition) is 7. The maximum Gasteiger partial charge on any atom is 0.243 e. The highest BCUT2D eigenvalue weighted by atomic mass is 16.3. The van der Waals surface area contributed by atoms with Crippen LogP contribution in [-0.4, -0.2) is 99.9 Å². The predicted molar refractivity (Wildman–Crippen MR) is 220 cm³/mol. The average Bonchev–Trinajstić information content (AvgIpc) is 3.77. The van der Waals surface area contributed by atoms with Crippen LogP contribution in [0.25, 0.3) is 0 Å². The van der Waals surface area contributed by atoms with Crippen LogP contribution in [0.2, 0.25) is 0 Å². The molecule has 7 atom stereocenters. The molecule has 2 heterocycles. The van der Waals surface area contributed by atoms with Crippen molar-refractivity contribution in [2.75, 3.05) is 13.1 Å². The van der Waals surface area contributed by atoms with Crippen molar-refractivity contribution in [3.8, 4) is 0 Å². The molecule has 2 saturated heterocycles. The summed E-state index contributed by atoms with van der Waals surface area (Å²) >= 11 is 0. The molecule has 12 nitrogen and oxygen atoms in total. The fourth-order valence-corrected chi connectivity index (χ4v) is 9.08. The molecule has 12 heteroatoms. The molecular weight excluding hydrogens is 721 g/mol. The Labute approximate surface area is 339 Å². The van der Waals surface area contributed by atoms with Crippen LogP contribution in [0.4, 0.5) is 0 Å². The third-order valence-electron chi connectivity index (χ3n) is 11.9. The number of piperidine rings is 1. The number of carbonyl (C=O) groups is 5. The Kier molecular flexibility index (Phi) is 16.1. The van der Waals surface area contributed by atoms with E-state index in [-0.39, 0.29) is 60.4 Å². The summed E-state index contributed by atoms with van der Waals surface area (Å²) in [5, 5.41) is 23.4. The van der Waals surface area contributed by atoms with E-state index >= 15 is 0 Å². The van der Waals surface area contributed by atoms with Crippen molar-refractivity contribution in [1.82, 2.24) is 31.1 Å². The van der Waals surface area contributed by atoms with Crippen LogP contribution in [0.15, 0.2) is 60.7 Å². The Bertz CT molecular complexity index is 1630. The number of aliphatic hydroxyl groups is 1. The van der Waals surface area contributed by atoms with E-state index in [9.17, 15) is 29.1 Å². The second-order valence-electron chi connectivity index (χ2n) is 17.5. The normalized spacial score (nSPS) is 22.0. The molecule has 6 unspecified atom stereocenters. The highest BCUT2D eigenvalue weighted by Crippen LogP contribution is 2.41. The standard InChI is InChI=1S/C45H66N6O6/c1-29(2)23-36(41(53)27-42(54)46-35-19-21-50(22-20-35)28-33-15-10-7-11-16-33)47-43(55)37(24-30(3)4)48-44(56)38(25-32-13-8-6-9-14-32)49-45(57)40-26-34-17-12-18-39(34)51(40)31(5)52/h6-11,13-16,29-30,34-41,53H,12,17-28H2,1-5H3,(H,46,54)(H,47,55)(H,48,56)(H,49,57)/t34?,36?,37?,38?,39?,40?,41-/m0/s1. The molecule has 2 aromatic carbocycles. The molecule has 3 aliphatic rings. The lowest BCUT2D eigenvalue weighted by molar-refractivity contribution is -0.140. The number of hydrogen-bond donors (Lipinski definition) is 5. The Balaban J connectivity index is 1.21. The maximum atomic E-state index is 14.2. The first-order valence-electron chi connectivity index (χ1n) is 21.2. The lowest BCUT2D eigenvalue weighted by atomic mass is 9.95. The van der Waals surface area contributed by atoms with Gasteiger partial charge in [-0.3, -0.25) is 28.9 Å². The number of likely N-dealkylation sites (tertiary alicyclic amines) is 2. The maximum absolute atomic E-state index is 14.2. The number of carbonyl (C=O) groups excluding carboxylic acids is 5. The Morgan fingerprint density at radius 2 is 1.37 bits per heavy atom. The molecule has 5 amide bonds. The molecule has 0 radical (unpaired) electrons. The zero-order chi connectivity index (χ0) is 41.1. The van der Waals surface area contributed by atoms with Crippen LogP contribution in [0, 0.1) is 17.8 Å². The van der Waals surface area contributed by atoms with E-state index in [0.717, 1.165) is 57.3 Å². The number of nitrogens with zero attached hydrogens (tertiary/aromatic N) is 2. The van der Waals surface area contributed by atoms with Gasteiger partial charge in [0.25, 0.3) is 0 Å². The van der Waals surface area contributed by atoms with Crippen LogP contribution >= 0.6 is 0 Å². The Morgan fingerprint density at radius 1 is 0.754 bits per heavy atom. The number of nitrogens with one attached hydrogen (secondary N) is 4. The second-order valence-corrected chi connectivity index (χ2v) is 17.5. The third-order valence-corrected chi connectivity index (χ3v) is 11.9. The van der Waals surface area contributed by atoms with Crippen molar-refractivity contribution in [2.24, 2.45) is 17.8 Å². The number of fused-ring (bicyclic) bond motifs is 1. The summed E-state index contributed by atoms with van der Waals surface area (Å²) in [6.07, 6.45) is 4.75. The molecule has 1 aliphatic carbocycles. The van der Waals surface area contributed by atoms with Crippen LogP contribution in [0.1, 0.15) is 104 Å². The van der Waals surface area contributed by atoms with E-state index in [1.807, 2.05) is 76.2 Å². The summed E-state index contributed by atoms with van der Waals surface area (Å²) in [4.78, 5) is 72.1. The monoisotopic (exact) mass is 787 g/mol. The van der Waals surface area contributed by atoms with Crippen molar-refractivity contribution in [1.29, 1.82) is 0 Å². The summed E-state index contributed by atoms with van der Waals surface area (Å²) in [6.45, 7) is 12.0. The quantitative estimate of drug-likeness (QED) is 0.152. The largest absolute Gasteiger partial charge is 0.390 e. The van der Waals surface area contributed by atoms with Crippen molar-refractivity contribution < 1.29 is 29.1 Å². The zero-order valence-electron chi connectivity index (χ0n) is 34.6. The topological polar surface area (TPSA) is 160 Å². The number of amides is 5. The van der Waals surface area contributed by atoms with E-state index in [0.29, 0.717) is 19.3 Å². The second kappa shape index (κ2) is 20.9. The molecule has 0 bridgehead atoms. The van der Waals surface area contributed by atoms with E-state index < -0.39 is 42.1 Å². The van der Waals surface area contributed by atoms with Gasteiger partial charge in [0, 0.05) is 45.1 Å². The number of aliphatic hydroxyl groups excluding tert-OH is 1. The van der Waals surface area contributed by atoms with Crippen molar-refractivity contribution in [3.05, 3.63) is 71.8 Å². The lowest BCUT2D eigenvalue weighted by Gasteiger charge is -2.33. The van der Waals surface area contributed by atoms with Gasteiger partial charge in [0.05, 0.1) is 18.6 Å². The van der Waals surface area contributed by atoms with Crippen LogP contribution in [0.3, 0.4) is 0 Å². The molecule has 1 saturated carbocycles.